The first-order valence-corrected chi connectivity index (χ1v) is 9.29. The number of methoxy groups -OCH3 is 3. The Balaban J connectivity index is 1.72. The maximum absolute atomic E-state index is 12.3. The zero-order chi connectivity index (χ0) is 20.8. The van der Waals surface area contributed by atoms with Crippen molar-refractivity contribution in [3.63, 3.8) is 0 Å². The van der Waals surface area contributed by atoms with Crippen LogP contribution in [0.4, 0.5) is 0 Å². The van der Waals surface area contributed by atoms with Gasteiger partial charge in [-0.3, -0.25) is 9.89 Å². The second-order valence-electron chi connectivity index (χ2n) is 5.82. The zero-order valence-electron chi connectivity index (χ0n) is 16.0. The molecule has 2 aromatic carbocycles. The summed E-state index contributed by atoms with van der Waals surface area (Å²) in [5, 5.41) is 10.9. The van der Waals surface area contributed by atoms with Gasteiger partial charge in [-0.15, -0.1) is 0 Å². The van der Waals surface area contributed by atoms with Crippen molar-refractivity contribution >= 4 is 28.1 Å². The van der Waals surface area contributed by atoms with Crippen LogP contribution in [0.2, 0.25) is 0 Å². The highest BCUT2D eigenvalue weighted by atomic mass is 79.9. The molecule has 0 atom stereocenters. The minimum atomic E-state index is -0.422. The largest absolute Gasteiger partial charge is 0.496 e. The van der Waals surface area contributed by atoms with Crippen LogP contribution in [-0.4, -0.2) is 43.6 Å². The number of hydrogen-bond donors (Lipinski definition) is 2. The Bertz CT molecular complexity index is 1050. The summed E-state index contributed by atoms with van der Waals surface area (Å²) < 4.78 is 16.7. The maximum Gasteiger partial charge on any atom is 0.289 e. The molecule has 1 heterocycles. The number of H-pyrrole nitrogens is 1. The normalized spacial score (nSPS) is 10.8. The summed E-state index contributed by atoms with van der Waals surface area (Å²) in [5.74, 6) is 1.41. The number of nitrogens with one attached hydrogen (secondary N) is 2. The summed E-state index contributed by atoms with van der Waals surface area (Å²) >= 11 is 3.39. The third-order valence-electron chi connectivity index (χ3n) is 4.06. The van der Waals surface area contributed by atoms with E-state index < -0.39 is 5.91 Å². The Hall–Kier alpha value is -3.33. The number of carbonyl (C=O) groups excluding carboxylic acids is 1. The van der Waals surface area contributed by atoms with Gasteiger partial charge in [-0.25, -0.2) is 5.43 Å². The average Bonchev–Trinajstić information content (AvgIpc) is 3.23. The average molecular weight is 459 g/mol. The Morgan fingerprint density at radius 2 is 1.76 bits per heavy atom. The summed E-state index contributed by atoms with van der Waals surface area (Å²) in [6, 6.07) is 12.5. The third kappa shape index (κ3) is 4.75. The molecule has 0 spiro atoms. The first-order chi connectivity index (χ1) is 14.0. The topological polar surface area (TPSA) is 97.8 Å². The number of benzene rings is 2. The molecule has 0 aliphatic carbocycles. The molecule has 0 saturated carbocycles. The van der Waals surface area contributed by atoms with E-state index in [1.165, 1.54) is 6.21 Å². The molecule has 150 valence electrons. The van der Waals surface area contributed by atoms with Crippen molar-refractivity contribution in [3.8, 4) is 28.5 Å². The lowest BCUT2D eigenvalue weighted by Crippen LogP contribution is -2.18. The molecule has 0 radical (unpaired) electrons. The molecule has 29 heavy (non-hydrogen) atoms. The first-order valence-electron chi connectivity index (χ1n) is 8.50. The van der Waals surface area contributed by atoms with Crippen LogP contribution in [0.15, 0.2) is 52.0 Å². The van der Waals surface area contributed by atoms with Crippen molar-refractivity contribution in [2.24, 2.45) is 5.10 Å². The number of rotatable bonds is 7. The minimum Gasteiger partial charge on any atom is -0.496 e. The summed E-state index contributed by atoms with van der Waals surface area (Å²) in [6.07, 6.45) is 1.51. The van der Waals surface area contributed by atoms with Crippen LogP contribution in [0, 0.1) is 0 Å². The summed E-state index contributed by atoms with van der Waals surface area (Å²) in [7, 11) is 4.70. The number of carbonyl (C=O) groups is 1. The van der Waals surface area contributed by atoms with E-state index >= 15 is 0 Å². The lowest BCUT2D eigenvalue weighted by atomic mass is 10.1. The van der Waals surface area contributed by atoms with Crippen LogP contribution in [0.25, 0.3) is 11.3 Å². The van der Waals surface area contributed by atoms with Gasteiger partial charge in [0, 0.05) is 15.6 Å². The fourth-order valence-corrected chi connectivity index (χ4v) is 2.99. The fourth-order valence-electron chi connectivity index (χ4n) is 2.61. The molecule has 0 aliphatic rings. The van der Waals surface area contributed by atoms with Crippen molar-refractivity contribution in [2.45, 2.75) is 0 Å². The molecular weight excluding hydrogens is 440 g/mol. The number of hydrogen-bond acceptors (Lipinski definition) is 6. The Morgan fingerprint density at radius 1 is 1.03 bits per heavy atom. The molecule has 0 bridgehead atoms. The minimum absolute atomic E-state index is 0.271. The first kappa shape index (κ1) is 20.4. The van der Waals surface area contributed by atoms with Gasteiger partial charge in [-0.05, 0) is 42.5 Å². The number of amides is 1. The predicted octanol–water partition coefficient (Wildman–Crippen LogP) is 3.63. The highest BCUT2D eigenvalue weighted by molar-refractivity contribution is 9.10. The zero-order valence-corrected chi connectivity index (χ0v) is 17.6. The van der Waals surface area contributed by atoms with Crippen molar-refractivity contribution in [2.75, 3.05) is 21.3 Å². The quantitative estimate of drug-likeness (QED) is 0.416. The van der Waals surface area contributed by atoms with Crippen molar-refractivity contribution in [1.29, 1.82) is 0 Å². The summed E-state index contributed by atoms with van der Waals surface area (Å²) in [6.45, 7) is 0. The standard InChI is InChI=1S/C20H19BrN4O4/c1-27-17-7-5-14(21)8-13(17)11-22-25-20(26)16-10-15(23-24-16)12-4-6-18(28-2)19(9-12)29-3/h4-11H,1-3H3,(H,23,24)(H,25,26). The van der Waals surface area contributed by atoms with Gasteiger partial charge in [0.25, 0.3) is 5.91 Å². The Kier molecular flexibility index (Phi) is 6.50. The molecule has 0 unspecified atom stereocenters. The van der Waals surface area contributed by atoms with Gasteiger partial charge in [0.2, 0.25) is 0 Å². The van der Waals surface area contributed by atoms with Crippen LogP contribution in [0.3, 0.4) is 0 Å². The highest BCUT2D eigenvalue weighted by Gasteiger charge is 2.13. The molecule has 8 nitrogen and oxygen atoms in total. The molecule has 1 aromatic heterocycles. The molecule has 0 fully saturated rings. The number of halogens is 1. The lowest BCUT2D eigenvalue weighted by molar-refractivity contribution is 0.0950. The monoisotopic (exact) mass is 458 g/mol. The second-order valence-corrected chi connectivity index (χ2v) is 6.74. The van der Waals surface area contributed by atoms with Crippen LogP contribution >= 0.6 is 15.9 Å². The smallest absolute Gasteiger partial charge is 0.289 e. The summed E-state index contributed by atoms with van der Waals surface area (Å²) in [5.41, 5.74) is 4.83. The van der Waals surface area contributed by atoms with Gasteiger partial charge < -0.3 is 14.2 Å². The maximum atomic E-state index is 12.3. The van der Waals surface area contributed by atoms with Gasteiger partial charge in [0.15, 0.2) is 11.5 Å². The molecule has 9 heteroatoms. The van der Waals surface area contributed by atoms with E-state index in [0.29, 0.717) is 22.9 Å². The van der Waals surface area contributed by atoms with Gasteiger partial charge in [-0.1, -0.05) is 15.9 Å². The molecule has 3 aromatic rings. The molecule has 2 N–H and O–H groups in total. The van der Waals surface area contributed by atoms with Crippen LogP contribution in [0.1, 0.15) is 16.1 Å². The van der Waals surface area contributed by atoms with Crippen LogP contribution in [0.5, 0.6) is 17.2 Å². The number of aromatic amines is 1. The van der Waals surface area contributed by atoms with E-state index in [2.05, 4.69) is 36.7 Å². The second kappa shape index (κ2) is 9.24. The van der Waals surface area contributed by atoms with Gasteiger partial charge in [-0.2, -0.15) is 10.2 Å². The van der Waals surface area contributed by atoms with Gasteiger partial charge >= 0.3 is 0 Å². The van der Waals surface area contributed by atoms with Crippen molar-refractivity contribution in [3.05, 3.63) is 58.2 Å². The fraction of sp³-hybridized carbons (Fsp3) is 0.150. The number of ether oxygens (including phenoxy) is 3. The highest BCUT2D eigenvalue weighted by Crippen LogP contribution is 2.31. The number of aromatic nitrogens is 2. The summed E-state index contributed by atoms with van der Waals surface area (Å²) in [4.78, 5) is 12.3. The lowest BCUT2D eigenvalue weighted by Gasteiger charge is -2.08. The SMILES string of the molecule is COc1ccc(Br)cc1C=NNC(=O)c1cc(-c2ccc(OC)c(OC)c2)n[nH]1. The Labute approximate surface area is 176 Å². The molecule has 0 saturated heterocycles. The number of hydrazone groups is 1. The van der Waals surface area contributed by atoms with E-state index in [0.717, 1.165) is 15.6 Å². The molecule has 1 amide bonds. The van der Waals surface area contributed by atoms with Crippen molar-refractivity contribution < 1.29 is 19.0 Å². The van der Waals surface area contributed by atoms with E-state index in [1.54, 1.807) is 45.6 Å². The van der Waals surface area contributed by atoms with E-state index in [-0.39, 0.29) is 5.69 Å². The number of nitrogens with zero attached hydrogens (tertiary/aromatic N) is 2. The van der Waals surface area contributed by atoms with Crippen molar-refractivity contribution in [1.82, 2.24) is 15.6 Å². The predicted molar refractivity (Wildman–Crippen MR) is 113 cm³/mol. The Morgan fingerprint density at radius 3 is 2.48 bits per heavy atom. The van der Waals surface area contributed by atoms with Gasteiger partial charge in [0.05, 0.1) is 33.2 Å². The van der Waals surface area contributed by atoms with Crippen LogP contribution in [-0.2, 0) is 0 Å². The molecule has 0 aliphatic heterocycles. The van der Waals surface area contributed by atoms with E-state index in [4.69, 9.17) is 14.2 Å². The van der Waals surface area contributed by atoms with E-state index in [1.807, 2.05) is 18.2 Å². The van der Waals surface area contributed by atoms with Gasteiger partial charge in [0.1, 0.15) is 11.4 Å². The van der Waals surface area contributed by atoms with E-state index in [9.17, 15) is 4.79 Å². The van der Waals surface area contributed by atoms with Crippen LogP contribution < -0.4 is 19.6 Å². The third-order valence-corrected chi connectivity index (χ3v) is 4.56. The molecule has 3 rings (SSSR count). The molecular formula is C20H19BrN4O4.